The summed E-state index contributed by atoms with van der Waals surface area (Å²) >= 11 is 0. The van der Waals surface area contributed by atoms with E-state index in [0.717, 1.165) is 40.2 Å². The molecule has 0 radical (unpaired) electrons. The molecule has 0 amide bonds. The van der Waals surface area contributed by atoms with E-state index in [1.807, 2.05) is 0 Å². The van der Waals surface area contributed by atoms with Gasteiger partial charge in [0.1, 0.15) is 0 Å². The predicted octanol–water partition coefficient (Wildman–Crippen LogP) is 9.09. The van der Waals surface area contributed by atoms with Crippen LogP contribution < -0.4 is 10.6 Å². The SMILES string of the molecule is C=C(CCCCCCCC1C(CCCCCCCC)N1Pc1ccccc1)NCCc1ccc(C)cc1. The van der Waals surface area contributed by atoms with Crippen molar-refractivity contribution >= 4 is 14.0 Å². The molecule has 1 aliphatic rings. The number of aryl methyl sites for hydroxylation is 1. The molecule has 0 spiro atoms. The lowest BCUT2D eigenvalue weighted by Crippen LogP contribution is -2.15. The quantitative estimate of drug-likeness (QED) is 0.100. The van der Waals surface area contributed by atoms with Crippen LogP contribution in [0, 0.1) is 6.92 Å². The molecule has 1 fully saturated rings. The summed E-state index contributed by atoms with van der Waals surface area (Å²) in [7, 11) is 0.860. The number of nitrogens with zero attached hydrogens (tertiary/aromatic N) is 1. The zero-order chi connectivity index (χ0) is 26.1. The Morgan fingerprint density at radius 3 is 2.03 bits per heavy atom. The summed E-state index contributed by atoms with van der Waals surface area (Å²) in [5.41, 5.74) is 3.94. The van der Waals surface area contributed by atoms with Gasteiger partial charge in [-0.05, 0) is 58.6 Å². The zero-order valence-electron chi connectivity index (χ0n) is 23.8. The van der Waals surface area contributed by atoms with Crippen molar-refractivity contribution in [3.63, 3.8) is 0 Å². The van der Waals surface area contributed by atoms with Gasteiger partial charge in [0.2, 0.25) is 0 Å². The number of allylic oxidation sites excluding steroid dienone is 1. The number of hydrogen-bond donors (Lipinski definition) is 1. The van der Waals surface area contributed by atoms with Gasteiger partial charge in [-0.25, -0.2) is 0 Å². The van der Waals surface area contributed by atoms with Crippen LogP contribution in [0.1, 0.15) is 108 Å². The molecule has 204 valence electrons. The fourth-order valence-corrected chi connectivity index (χ4v) is 6.92. The van der Waals surface area contributed by atoms with Gasteiger partial charge in [0.25, 0.3) is 0 Å². The van der Waals surface area contributed by atoms with Crippen molar-refractivity contribution in [2.45, 2.75) is 122 Å². The monoisotopic (exact) mass is 520 g/mol. The standard InChI is InChI=1S/C34H53N2P/c1-4-5-6-7-10-16-21-33-34(36(33)37-32-19-14-12-15-20-32)22-17-11-8-9-13-18-30(3)35-28-27-31-25-23-29(2)24-26-31/h12,14-15,19-20,23-26,33-35,37H,3-11,13,16-18,21-22,27-28H2,1-2H3. The molecule has 1 saturated heterocycles. The van der Waals surface area contributed by atoms with Gasteiger partial charge in [0, 0.05) is 24.3 Å². The van der Waals surface area contributed by atoms with Crippen LogP contribution in [0.4, 0.5) is 0 Å². The average molecular weight is 521 g/mol. The van der Waals surface area contributed by atoms with Gasteiger partial charge in [-0.2, -0.15) is 0 Å². The maximum atomic E-state index is 4.25. The van der Waals surface area contributed by atoms with E-state index in [1.54, 1.807) is 0 Å². The highest BCUT2D eigenvalue weighted by molar-refractivity contribution is 7.45. The number of nitrogens with one attached hydrogen (secondary N) is 1. The van der Waals surface area contributed by atoms with Crippen LogP contribution in [-0.4, -0.2) is 23.3 Å². The third kappa shape index (κ3) is 12.2. The van der Waals surface area contributed by atoms with E-state index in [0.29, 0.717) is 0 Å². The molecular weight excluding hydrogens is 467 g/mol. The van der Waals surface area contributed by atoms with Crippen LogP contribution in [0.15, 0.2) is 66.9 Å². The molecule has 0 aliphatic carbocycles. The van der Waals surface area contributed by atoms with Crippen molar-refractivity contribution in [3.8, 4) is 0 Å². The van der Waals surface area contributed by atoms with E-state index in [9.17, 15) is 0 Å². The second kappa shape index (κ2) is 17.8. The van der Waals surface area contributed by atoms with Gasteiger partial charge in [-0.15, -0.1) is 0 Å². The van der Waals surface area contributed by atoms with Crippen LogP contribution in [0.5, 0.6) is 0 Å². The lowest BCUT2D eigenvalue weighted by molar-refractivity contribution is 0.564. The summed E-state index contributed by atoms with van der Waals surface area (Å²) in [5.74, 6) is 0. The van der Waals surface area contributed by atoms with Crippen LogP contribution in [0.3, 0.4) is 0 Å². The Labute approximate surface area is 230 Å². The molecule has 3 rings (SSSR count). The van der Waals surface area contributed by atoms with E-state index < -0.39 is 0 Å². The molecule has 2 nitrogen and oxygen atoms in total. The van der Waals surface area contributed by atoms with Crippen molar-refractivity contribution in [2.24, 2.45) is 0 Å². The van der Waals surface area contributed by atoms with E-state index >= 15 is 0 Å². The van der Waals surface area contributed by atoms with E-state index in [2.05, 4.69) is 85.0 Å². The fourth-order valence-electron chi connectivity index (χ4n) is 5.41. The van der Waals surface area contributed by atoms with Crippen molar-refractivity contribution in [2.75, 3.05) is 6.54 Å². The van der Waals surface area contributed by atoms with Gasteiger partial charge >= 0.3 is 0 Å². The third-order valence-electron chi connectivity index (χ3n) is 7.84. The first kappa shape index (κ1) is 29.9. The minimum atomic E-state index is 0.840. The molecule has 2 aromatic rings. The second-order valence-corrected chi connectivity index (χ2v) is 12.5. The predicted molar refractivity (Wildman–Crippen MR) is 166 cm³/mol. The average Bonchev–Trinajstić information content (AvgIpc) is 3.57. The van der Waals surface area contributed by atoms with Gasteiger partial charge in [-0.1, -0.05) is 138 Å². The van der Waals surface area contributed by atoms with Gasteiger partial charge in [-0.3, -0.25) is 4.67 Å². The van der Waals surface area contributed by atoms with Gasteiger partial charge < -0.3 is 5.32 Å². The van der Waals surface area contributed by atoms with Crippen LogP contribution >= 0.6 is 8.73 Å². The van der Waals surface area contributed by atoms with Gasteiger partial charge in [0.05, 0.1) is 0 Å². The molecule has 1 heterocycles. The largest absolute Gasteiger partial charge is 0.388 e. The van der Waals surface area contributed by atoms with Crippen molar-refractivity contribution in [1.82, 2.24) is 9.99 Å². The normalized spacial score (nSPS) is 18.9. The molecule has 3 heteroatoms. The second-order valence-electron chi connectivity index (χ2n) is 11.1. The fraction of sp³-hybridized carbons (Fsp3) is 0.588. The third-order valence-corrected chi connectivity index (χ3v) is 9.36. The maximum Gasteiger partial charge on any atom is 0.0298 e. The first-order valence-electron chi connectivity index (χ1n) is 15.2. The molecule has 0 bridgehead atoms. The van der Waals surface area contributed by atoms with Crippen LogP contribution in [-0.2, 0) is 6.42 Å². The van der Waals surface area contributed by atoms with Crippen molar-refractivity contribution in [3.05, 3.63) is 78.0 Å². The lowest BCUT2D eigenvalue weighted by atomic mass is 10.0. The minimum Gasteiger partial charge on any atom is -0.388 e. The van der Waals surface area contributed by atoms with Crippen LogP contribution in [0.25, 0.3) is 0 Å². The molecule has 37 heavy (non-hydrogen) atoms. The first-order chi connectivity index (χ1) is 18.2. The summed E-state index contributed by atoms with van der Waals surface area (Å²) in [6, 6.07) is 21.7. The zero-order valence-corrected chi connectivity index (χ0v) is 24.8. The summed E-state index contributed by atoms with van der Waals surface area (Å²) in [5, 5.41) is 5.04. The number of benzene rings is 2. The molecule has 4 atom stereocenters. The van der Waals surface area contributed by atoms with Crippen molar-refractivity contribution in [1.29, 1.82) is 0 Å². The number of rotatable bonds is 21. The highest BCUT2D eigenvalue weighted by atomic mass is 31.1. The first-order valence-corrected chi connectivity index (χ1v) is 16.2. The smallest absolute Gasteiger partial charge is 0.0298 e. The Morgan fingerprint density at radius 2 is 1.38 bits per heavy atom. The molecule has 1 aliphatic heterocycles. The molecule has 1 N–H and O–H groups in total. The Balaban J connectivity index is 1.23. The summed E-state index contributed by atoms with van der Waals surface area (Å²) in [4.78, 5) is 0. The van der Waals surface area contributed by atoms with Crippen molar-refractivity contribution < 1.29 is 0 Å². The molecular formula is C34H53N2P. The maximum absolute atomic E-state index is 4.25. The number of hydrogen-bond acceptors (Lipinski definition) is 2. The number of unbranched alkanes of at least 4 members (excludes halogenated alkanes) is 9. The molecule has 0 aromatic heterocycles. The Hall–Kier alpha value is -1.63. The Kier molecular flexibility index (Phi) is 14.4. The lowest BCUT2D eigenvalue weighted by Gasteiger charge is -2.10. The molecule has 2 aromatic carbocycles. The molecule has 0 saturated carbocycles. The highest BCUT2D eigenvalue weighted by Crippen LogP contribution is 2.45. The molecule has 4 unspecified atom stereocenters. The van der Waals surface area contributed by atoms with Crippen LogP contribution in [0.2, 0.25) is 0 Å². The summed E-state index contributed by atoms with van der Waals surface area (Å²) < 4.78 is 2.81. The Morgan fingerprint density at radius 1 is 0.784 bits per heavy atom. The summed E-state index contributed by atoms with van der Waals surface area (Å²) in [6.07, 6.45) is 20.2. The topological polar surface area (TPSA) is 15.0 Å². The Bertz CT molecular complexity index is 863. The summed E-state index contributed by atoms with van der Waals surface area (Å²) in [6.45, 7) is 9.68. The van der Waals surface area contributed by atoms with E-state index in [1.165, 1.54) is 106 Å². The highest BCUT2D eigenvalue weighted by Gasteiger charge is 2.45. The van der Waals surface area contributed by atoms with E-state index in [-0.39, 0.29) is 0 Å². The minimum absolute atomic E-state index is 0.840. The van der Waals surface area contributed by atoms with E-state index in [4.69, 9.17) is 0 Å². The van der Waals surface area contributed by atoms with Gasteiger partial charge in [0.15, 0.2) is 0 Å².